The van der Waals surface area contributed by atoms with E-state index in [2.05, 4.69) is 12.2 Å². The minimum atomic E-state index is -0.266. The number of carbonyl (C=O) groups excluding carboxylic acids is 1. The van der Waals surface area contributed by atoms with E-state index in [-0.39, 0.29) is 11.6 Å². The summed E-state index contributed by atoms with van der Waals surface area (Å²) < 4.78 is 1.26. The molecule has 0 unspecified atom stereocenters. The number of carbonyl (C=O) groups is 1. The average Bonchev–Trinajstić information content (AvgIpc) is 2.82. The van der Waals surface area contributed by atoms with Crippen molar-refractivity contribution in [1.82, 2.24) is 9.27 Å². The summed E-state index contributed by atoms with van der Waals surface area (Å²) in [6, 6.07) is -0.266. The fourth-order valence-corrected chi connectivity index (χ4v) is 2.99. The average molecular weight is 240 g/mol. The maximum atomic E-state index is 11.8. The highest BCUT2D eigenvalue weighted by Crippen LogP contribution is 2.22. The van der Waals surface area contributed by atoms with Crippen LogP contribution in [-0.2, 0) is 12.8 Å². The van der Waals surface area contributed by atoms with Gasteiger partial charge in [-0.2, -0.15) is 3.96 Å². The van der Waals surface area contributed by atoms with E-state index in [9.17, 15) is 9.59 Å². The largest absolute Gasteiger partial charge is 0.338 e. The molecular formula is C11H16N2O2S. The van der Waals surface area contributed by atoms with Gasteiger partial charge in [0.05, 0.1) is 0 Å². The molecule has 0 bridgehead atoms. The molecule has 5 heteroatoms. The van der Waals surface area contributed by atoms with E-state index in [0.29, 0.717) is 6.54 Å². The zero-order valence-corrected chi connectivity index (χ0v) is 10.2. The number of unbranched alkanes of at least 4 members (excludes halogenated alkanes) is 1. The lowest BCUT2D eigenvalue weighted by Crippen LogP contribution is -2.34. The Morgan fingerprint density at radius 2 is 2.31 bits per heavy atom. The first-order valence-electron chi connectivity index (χ1n) is 5.76. The van der Waals surface area contributed by atoms with Gasteiger partial charge in [0, 0.05) is 17.0 Å². The third-order valence-corrected chi connectivity index (χ3v) is 3.99. The highest BCUT2D eigenvalue weighted by atomic mass is 32.1. The van der Waals surface area contributed by atoms with Crippen molar-refractivity contribution < 1.29 is 4.79 Å². The Bertz CT molecular complexity index is 447. The van der Waals surface area contributed by atoms with E-state index in [1.54, 1.807) is 0 Å². The van der Waals surface area contributed by atoms with Gasteiger partial charge in [-0.15, -0.1) is 0 Å². The van der Waals surface area contributed by atoms with Gasteiger partial charge in [-0.1, -0.05) is 24.9 Å². The van der Waals surface area contributed by atoms with Gasteiger partial charge in [0.25, 0.3) is 5.56 Å². The second kappa shape index (κ2) is 4.82. The molecule has 0 saturated carbocycles. The monoisotopic (exact) mass is 240 g/mol. The fourth-order valence-electron chi connectivity index (χ4n) is 1.89. The Labute approximate surface area is 98.4 Å². The number of fused-ring (bicyclic) bond motifs is 1. The molecule has 1 N–H and O–H groups in total. The lowest BCUT2D eigenvalue weighted by Gasteiger charge is -2.02. The topological polar surface area (TPSA) is 51.1 Å². The first-order chi connectivity index (χ1) is 7.74. The summed E-state index contributed by atoms with van der Waals surface area (Å²) >= 11 is 1.31. The summed E-state index contributed by atoms with van der Waals surface area (Å²) in [7, 11) is 0. The minimum Gasteiger partial charge on any atom is -0.337 e. The van der Waals surface area contributed by atoms with Gasteiger partial charge in [0.2, 0.25) is 0 Å². The molecule has 1 aromatic heterocycles. The van der Waals surface area contributed by atoms with Crippen LogP contribution in [0.5, 0.6) is 0 Å². The minimum absolute atomic E-state index is 0.105. The van der Waals surface area contributed by atoms with Crippen LogP contribution in [0.25, 0.3) is 0 Å². The molecule has 0 saturated heterocycles. The van der Waals surface area contributed by atoms with E-state index in [1.807, 2.05) is 0 Å². The van der Waals surface area contributed by atoms with Crippen LogP contribution in [0.15, 0.2) is 4.79 Å². The molecule has 1 aliphatic carbocycles. The van der Waals surface area contributed by atoms with E-state index >= 15 is 0 Å². The number of aryl methyl sites for hydroxylation is 1. The summed E-state index contributed by atoms with van der Waals surface area (Å²) in [4.78, 5) is 24.6. The Morgan fingerprint density at radius 3 is 3.00 bits per heavy atom. The van der Waals surface area contributed by atoms with Crippen LogP contribution in [0, 0.1) is 0 Å². The molecule has 1 aliphatic rings. The Morgan fingerprint density at radius 1 is 1.50 bits per heavy atom. The normalized spacial score (nSPS) is 13.8. The molecule has 16 heavy (non-hydrogen) atoms. The van der Waals surface area contributed by atoms with Crippen LogP contribution in [0.3, 0.4) is 0 Å². The molecule has 0 spiro atoms. The highest BCUT2D eigenvalue weighted by molar-refractivity contribution is 7.07. The summed E-state index contributed by atoms with van der Waals surface area (Å²) in [6.07, 6.45) is 4.82. The Hall–Kier alpha value is -1.10. The van der Waals surface area contributed by atoms with Crippen molar-refractivity contribution in [3.63, 3.8) is 0 Å². The van der Waals surface area contributed by atoms with Gasteiger partial charge in [-0.3, -0.25) is 4.79 Å². The summed E-state index contributed by atoms with van der Waals surface area (Å²) in [6.45, 7) is 2.71. The van der Waals surface area contributed by atoms with Gasteiger partial charge in [0.15, 0.2) is 0 Å². The molecule has 1 heterocycles. The van der Waals surface area contributed by atoms with E-state index in [1.165, 1.54) is 15.5 Å². The maximum Gasteiger partial charge on any atom is 0.338 e. The molecular weight excluding hydrogens is 224 g/mol. The number of nitrogens with one attached hydrogen (secondary N) is 1. The Kier molecular flexibility index (Phi) is 3.43. The van der Waals surface area contributed by atoms with Crippen molar-refractivity contribution in [2.45, 2.75) is 39.0 Å². The summed E-state index contributed by atoms with van der Waals surface area (Å²) in [5.74, 6) is 0. The van der Waals surface area contributed by atoms with Gasteiger partial charge >= 0.3 is 6.03 Å². The molecule has 0 aliphatic heterocycles. The van der Waals surface area contributed by atoms with Crippen LogP contribution in [0.1, 0.15) is 36.6 Å². The number of amides is 1. The molecule has 1 amide bonds. The van der Waals surface area contributed by atoms with Crippen molar-refractivity contribution in [3.8, 4) is 0 Å². The van der Waals surface area contributed by atoms with Crippen molar-refractivity contribution >= 4 is 17.6 Å². The van der Waals surface area contributed by atoms with Gasteiger partial charge < -0.3 is 5.32 Å². The van der Waals surface area contributed by atoms with Crippen molar-refractivity contribution in [1.29, 1.82) is 0 Å². The van der Waals surface area contributed by atoms with Crippen LogP contribution < -0.4 is 10.9 Å². The zero-order chi connectivity index (χ0) is 11.5. The molecule has 1 aromatic rings. The highest BCUT2D eigenvalue weighted by Gasteiger charge is 2.22. The van der Waals surface area contributed by atoms with E-state index in [4.69, 9.17) is 0 Å². The predicted octanol–water partition coefficient (Wildman–Crippen LogP) is 1.76. The predicted molar refractivity (Wildman–Crippen MR) is 64.3 cm³/mol. The van der Waals surface area contributed by atoms with Gasteiger partial charge in [-0.05, 0) is 25.7 Å². The summed E-state index contributed by atoms with van der Waals surface area (Å²) in [5, 5.41) is 2.76. The smallest absolute Gasteiger partial charge is 0.337 e. The lowest BCUT2D eigenvalue weighted by molar-refractivity contribution is 0.243. The number of aromatic nitrogens is 1. The van der Waals surface area contributed by atoms with Crippen LogP contribution in [0.4, 0.5) is 4.79 Å². The van der Waals surface area contributed by atoms with Crippen molar-refractivity contribution in [2.75, 3.05) is 6.54 Å². The second-order valence-electron chi connectivity index (χ2n) is 4.03. The van der Waals surface area contributed by atoms with Crippen LogP contribution >= 0.6 is 11.5 Å². The maximum absolute atomic E-state index is 11.8. The number of hydrogen-bond acceptors (Lipinski definition) is 3. The van der Waals surface area contributed by atoms with Gasteiger partial charge in [-0.25, -0.2) is 4.79 Å². The molecule has 0 fully saturated rings. The van der Waals surface area contributed by atoms with Gasteiger partial charge in [0.1, 0.15) is 0 Å². The number of hydrogen-bond donors (Lipinski definition) is 1. The number of rotatable bonds is 3. The number of nitrogens with zero attached hydrogens (tertiary/aromatic N) is 1. The standard InChI is InChI=1S/C11H16N2O2S/c1-2-3-7-12-11(15)13-10(14)8-5-4-6-9(8)16-13/h2-7H2,1H3,(H,12,15). The third-order valence-electron chi connectivity index (χ3n) is 2.80. The fraction of sp³-hybridized carbons (Fsp3) is 0.636. The van der Waals surface area contributed by atoms with E-state index in [0.717, 1.165) is 42.5 Å². The zero-order valence-electron chi connectivity index (χ0n) is 9.41. The van der Waals surface area contributed by atoms with Crippen LogP contribution in [-0.4, -0.2) is 16.5 Å². The third kappa shape index (κ3) is 2.04. The van der Waals surface area contributed by atoms with Crippen molar-refractivity contribution in [3.05, 3.63) is 20.8 Å². The molecule has 4 nitrogen and oxygen atoms in total. The molecule has 2 rings (SSSR count). The quantitative estimate of drug-likeness (QED) is 0.818. The van der Waals surface area contributed by atoms with Crippen LogP contribution in [0.2, 0.25) is 0 Å². The SMILES string of the molecule is CCCCNC(=O)n1sc2c(c1=O)CCC2. The first kappa shape index (κ1) is 11.4. The first-order valence-corrected chi connectivity index (χ1v) is 6.53. The lowest BCUT2D eigenvalue weighted by atomic mass is 10.3. The van der Waals surface area contributed by atoms with E-state index < -0.39 is 0 Å². The molecule has 0 radical (unpaired) electrons. The molecule has 88 valence electrons. The summed E-state index contributed by atoms with van der Waals surface area (Å²) in [5.41, 5.74) is 0.752. The van der Waals surface area contributed by atoms with Crippen molar-refractivity contribution in [2.24, 2.45) is 0 Å². The molecule has 0 aromatic carbocycles. The molecule has 0 atom stereocenters. The second-order valence-corrected chi connectivity index (χ2v) is 5.07. The Balaban J connectivity index is 2.10.